The molecule has 0 aliphatic heterocycles. The molecule has 0 spiro atoms. The normalized spacial score (nSPS) is 12.9. The van der Waals surface area contributed by atoms with Gasteiger partial charge in [0.05, 0.1) is 16.7 Å². The van der Waals surface area contributed by atoms with E-state index in [1.54, 1.807) is 0 Å². The minimum Gasteiger partial charge on any atom is -0.507 e. The molecule has 0 aliphatic carbocycles. The van der Waals surface area contributed by atoms with Gasteiger partial charge in [0.25, 0.3) is 0 Å². The highest BCUT2D eigenvalue weighted by Crippen LogP contribution is 2.43. The lowest BCUT2D eigenvalue weighted by molar-refractivity contribution is 0.446. The fourth-order valence-corrected chi connectivity index (χ4v) is 7.38. The number of phenolic OH excluding ortho intramolecular Hbond substituents is 1. The number of nitrogens with zero attached hydrogens (tertiary/aromatic N) is 4. The first kappa shape index (κ1) is 32.8. The Balaban J connectivity index is 1.41. The molecule has 0 bridgehead atoms. The van der Waals surface area contributed by atoms with Gasteiger partial charge in [-0.15, -0.1) is 0 Å². The Hall–Kier alpha value is -5.42. The smallest absolute Gasteiger partial charge is 0.148 e. The Bertz CT molecular complexity index is 2650. The third-order valence-electron chi connectivity index (χ3n) is 10.3. The molecular weight excluding hydrogens is 625 g/mol. The van der Waals surface area contributed by atoms with Gasteiger partial charge in [-0.05, 0) is 82.0 Å². The molecule has 4 heterocycles. The Kier molecular flexibility index (Phi) is 7.26. The second-order valence-corrected chi connectivity index (χ2v) is 17.0. The molecule has 0 radical (unpaired) electrons. The van der Waals surface area contributed by atoms with Crippen molar-refractivity contribution in [3.63, 3.8) is 0 Å². The van der Waals surface area contributed by atoms with E-state index in [1.807, 2.05) is 6.07 Å². The summed E-state index contributed by atoms with van der Waals surface area (Å²) < 4.78 is 4.47. The van der Waals surface area contributed by atoms with Crippen molar-refractivity contribution < 1.29 is 5.11 Å². The van der Waals surface area contributed by atoms with E-state index in [-0.39, 0.29) is 22.0 Å². The first-order valence-electron chi connectivity index (χ1n) is 17.9. The zero-order valence-corrected chi connectivity index (χ0v) is 31.1. The highest BCUT2D eigenvalue weighted by Gasteiger charge is 2.27. The fraction of sp³-hybridized carbons (Fsp3) is 0.261. The summed E-state index contributed by atoms with van der Waals surface area (Å²) in [6.45, 7) is 19.8. The number of fused-ring (bicyclic) bond motifs is 6. The number of para-hydroxylation sites is 2. The molecule has 0 unspecified atom stereocenters. The van der Waals surface area contributed by atoms with Gasteiger partial charge in [0, 0.05) is 38.4 Å². The van der Waals surface area contributed by atoms with Crippen molar-refractivity contribution in [3.8, 4) is 28.5 Å². The number of hydrogen-bond acceptors (Lipinski definition) is 3. The Morgan fingerprint density at radius 3 is 1.71 bits per heavy atom. The van der Waals surface area contributed by atoms with Crippen LogP contribution in [0.2, 0.25) is 0 Å². The van der Waals surface area contributed by atoms with Crippen LogP contribution >= 0.6 is 0 Å². The number of benzene rings is 4. The largest absolute Gasteiger partial charge is 0.507 e. The van der Waals surface area contributed by atoms with Gasteiger partial charge < -0.3 is 5.11 Å². The average Bonchev–Trinajstić information content (AvgIpc) is 3.59. The molecule has 4 aromatic heterocycles. The van der Waals surface area contributed by atoms with Crippen molar-refractivity contribution >= 4 is 43.9 Å². The van der Waals surface area contributed by atoms with Crippen molar-refractivity contribution in [1.29, 1.82) is 0 Å². The number of aromatic nitrogens is 4. The number of pyridine rings is 2. The van der Waals surface area contributed by atoms with E-state index in [4.69, 9.17) is 9.97 Å². The van der Waals surface area contributed by atoms with Crippen LogP contribution in [-0.4, -0.2) is 24.2 Å². The molecular formula is C46H46N4O. The summed E-state index contributed by atoms with van der Waals surface area (Å²) in [5.74, 6) is 1.07. The quantitative estimate of drug-likeness (QED) is 0.203. The molecule has 51 heavy (non-hydrogen) atoms. The van der Waals surface area contributed by atoms with Gasteiger partial charge in [-0.3, -0.25) is 9.13 Å². The van der Waals surface area contributed by atoms with E-state index in [1.165, 1.54) is 10.9 Å². The number of hydrogen-bond donors (Lipinski definition) is 1. The molecule has 5 heteroatoms. The van der Waals surface area contributed by atoms with Crippen LogP contribution in [-0.2, 0) is 16.2 Å². The Labute approximate surface area is 300 Å². The van der Waals surface area contributed by atoms with E-state index in [9.17, 15) is 5.11 Å². The first-order chi connectivity index (χ1) is 24.1. The van der Waals surface area contributed by atoms with Crippen LogP contribution in [0.25, 0.3) is 66.6 Å². The summed E-state index contributed by atoms with van der Waals surface area (Å²) in [7, 11) is 0. The molecule has 8 rings (SSSR count). The van der Waals surface area contributed by atoms with E-state index < -0.39 is 0 Å². The molecule has 0 fully saturated rings. The molecule has 4 aromatic carbocycles. The second-order valence-electron chi connectivity index (χ2n) is 17.0. The predicted octanol–water partition coefficient (Wildman–Crippen LogP) is 11.9. The maximum absolute atomic E-state index is 11.8. The molecule has 0 atom stereocenters. The van der Waals surface area contributed by atoms with Gasteiger partial charge >= 0.3 is 0 Å². The Morgan fingerprint density at radius 1 is 0.490 bits per heavy atom. The number of phenols is 1. The minimum absolute atomic E-state index is 0.00812. The second kappa shape index (κ2) is 11.3. The monoisotopic (exact) mass is 670 g/mol. The SMILES string of the molecule is CC(C)(C)c1cccc(-n2c3ccccc3c3ccc(-n4c5ccccc5c5ccc(-c6cc(C(C)(C)C)cc(C(C)(C)C)c6O)nc54)nc32)c1. The maximum atomic E-state index is 11.8. The summed E-state index contributed by atoms with van der Waals surface area (Å²) in [5.41, 5.74) is 9.42. The van der Waals surface area contributed by atoms with Gasteiger partial charge in [0.1, 0.15) is 22.9 Å². The van der Waals surface area contributed by atoms with Gasteiger partial charge in [-0.25, -0.2) is 9.97 Å². The molecule has 1 N–H and O–H groups in total. The van der Waals surface area contributed by atoms with Crippen molar-refractivity contribution in [3.05, 3.63) is 126 Å². The minimum atomic E-state index is -0.247. The maximum Gasteiger partial charge on any atom is 0.148 e. The molecule has 256 valence electrons. The summed E-state index contributed by atoms with van der Waals surface area (Å²) in [6.07, 6.45) is 0. The van der Waals surface area contributed by atoms with Crippen LogP contribution in [0.15, 0.2) is 109 Å². The lowest BCUT2D eigenvalue weighted by Gasteiger charge is -2.27. The molecule has 8 aromatic rings. The molecule has 5 nitrogen and oxygen atoms in total. The molecule has 0 saturated heterocycles. The predicted molar refractivity (Wildman–Crippen MR) is 214 cm³/mol. The third-order valence-corrected chi connectivity index (χ3v) is 10.3. The Morgan fingerprint density at radius 2 is 1.08 bits per heavy atom. The lowest BCUT2D eigenvalue weighted by Crippen LogP contribution is -2.17. The summed E-state index contributed by atoms with van der Waals surface area (Å²) >= 11 is 0. The van der Waals surface area contributed by atoms with Crippen LogP contribution in [0.3, 0.4) is 0 Å². The van der Waals surface area contributed by atoms with Crippen LogP contribution in [0.4, 0.5) is 0 Å². The van der Waals surface area contributed by atoms with Crippen molar-refractivity contribution in [2.24, 2.45) is 0 Å². The summed E-state index contributed by atoms with van der Waals surface area (Å²) in [6, 6.07) is 38.6. The molecule has 0 saturated carbocycles. The lowest BCUT2D eigenvalue weighted by atomic mass is 9.78. The van der Waals surface area contributed by atoms with Crippen LogP contribution < -0.4 is 0 Å². The van der Waals surface area contributed by atoms with E-state index in [0.29, 0.717) is 0 Å². The van der Waals surface area contributed by atoms with E-state index in [2.05, 4.69) is 175 Å². The van der Waals surface area contributed by atoms with Crippen LogP contribution in [0, 0.1) is 0 Å². The standard InChI is InChI=1S/C46H46N4O/c1-44(2,3)28-15-14-16-30(25-28)49-38-19-12-10-17-31(38)34-22-24-40(48-43(34)49)50-39-20-13-11-18-32(39)33-21-23-37(47-42(33)50)35-26-29(45(4,5)6)27-36(41(35)51)46(7,8)9/h10-27,51H,1-9H3. The van der Waals surface area contributed by atoms with Crippen molar-refractivity contribution in [2.45, 2.75) is 78.6 Å². The van der Waals surface area contributed by atoms with Crippen molar-refractivity contribution in [2.75, 3.05) is 0 Å². The van der Waals surface area contributed by atoms with Crippen LogP contribution in [0.1, 0.15) is 79.0 Å². The van der Waals surface area contributed by atoms with Gasteiger partial charge in [-0.1, -0.05) is 117 Å². The van der Waals surface area contributed by atoms with E-state index in [0.717, 1.165) is 72.4 Å². The fourth-order valence-electron chi connectivity index (χ4n) is 7.38. The van der Waals surface area contributed by atoms with Gasteiger partial charge in [0.2, 0.25) is 0 Å². The number of rotatable bonds is 3. The zero-order valence-electron chi connectivity index (χ0n) is 31.1. The molecule has 0 aliphatic rings. The van der Waals surface area contributed by atoms with Gasteiger partial charge in [0.15, 0.2) is 0 Å². The summed E-state index contributed by atoms with van der Waals surface area (Å²) in [5, 5.41) is 16.2. The topological polar surface area (TPSA) is 55.9 Å². The van der Waals surface area contributed by atoms with E-state index >= 15 is 0 Å². The van der Waals surface area contributed by atoms with Gasteiger partial charge in [-0.2, -0.15) is 0 Å². The van der Waals surface area contributed by atoms with Crippen LogP contribution in [0.5, 0.6) is 5.75 Å². The van der Waals surface area contributed by atoms with Crippen molar-refractivity contribution in [1.82, 2.24) is 19.1 Å². The number of aromatic hydroxyl groups is 1. The highest BCUT2D eigenvalue weighted by atomic mass is 16.3. The average molecular weight is 671 g/mol. The summed E-state index contributed by atoms with van der Waals surface area (Å²) in [4.78, 5) is 10.8. The third kappa shape index (κ3) is 5.38. The molecule has 0 amide bonds. The first-order valence-corrected chi connectivity index (χ1v) is 17.9. The zero-order chi connectivity index (χ0) is 36.0. The highest BCUT2D eigenvalue weighted by molar-refractivity contribution is 6.10.